The van der Waals surface area contributed by atoms with Crippen LogP contribution in [0, 0.1) is 11.6 Å². The Kier molecular flexibility index (Phi) is 4.71. The van der Waals surface area contributed by atoms with E-state index in [2.05, 4.69) is 4.98 Å². The summed E-state index contributed by atoms with van der Waals surface area (Å²) in [5.41, 5.74) is 0.837. The molecule has 128 valence electrons. The highest BCUT2D eigenvalue weighted by Crippen LogP contribution is 2.24. The topological polar surface area (TPSA) is 53.5 Å². The second kappa shape index (κ2) is 6.62. The van der Waals surface area contributed by atoms with Crippen LogP contribution in [0.15, 0.2) is 41.4 Å². The first-order valence-electron chi connectivity index (χ1n) is 7.19. The molecule has 0 radical (unpaired) electrons. The zero-order valence-corrected chi connectivity index (χ0v) is 14.1. The SMILES string of the molecule is O=S(=O)(c1cc(F)ccc1F)N1CCN(c2ccnc(Cl)c2)CC1. The van der Waals surface area contributed by atoms with Gasteiger partial charge in [0.1, 0.15) is 21.7 Å². The number of pyridine rings is 1. The molecule has 1 fully saturated rings. The lowest BCUT2D eigenvalue weighted by Gasteiger charge is -2.35. The molecule has 2 aromatic rings. The number of halogens is 3. The second-order valence-corrected chi connectivity index (χ2v) is 7.60. The predicted octanol–water partition coefficient (Wildman–Crippen LogP) is 2.52. The summed E-state index contributed by atoms with van der Waals surface area (Å²) in [4.78, 5) is 5.23. The van der Waals surface area contributed by atoms with Crippen molar-refractivity contribution in [1.29, 1.82) is 0 Å². The van der Waals surface area contributed by atoms with Crippen LogP contribution >= 0.6 is 11.6 Å². The summed E-state index contributed by atoms with van der Waals surface area (Å²) in [6.07, 6.45) is 1.57. The Morgan fingerprint density at radius 2 is 1.75 bits per heavy atom. The van der Waals surface area contributed by atoms with E-state index in [-0.39, 0.29) is 13.1 Å². The van der Waals surface area contributed by atoms with Crippen LogP contribution in [0.1, 0.15) is 0 Å². The van der Waals surface area contributed by atoms with Crippen LogP contribution in [-0.4, -0.2) is 43.9 Å². The molecule has 0 amide bonds. The van der Waals surface area contributed by atoms with Crippen LogP contribution < -0.4 is 4.90 Å². The largest absolute Gasteiger partial charge is 0.369 e. The highest BCUT2D eigenvalue weighted by atomic mass is 35.5. The van der Waals surface area contributed by atoms with E-state index in [1.54, 1.807) is 18.3 Å². The van der Waals surface area contributed by atoms with Crippen molar-refractivity contribution in [3.63, 3.8) is 0 Å². The van der Waals surface area contributed by atoms with Crippen molar-refractivity contribution in [1.82, 2.24) is 9.29 Å². The van der Waals surface area contributed by atoms with E-state index in [0.29, 0.717) is 24.3 Å². The Morgan fingerprint density at radius 1 is 1.04 bits per heavy atom. The van der Waals surface area contributed by atoms with Gasteiger partial charge >= 0.3 is 0 Å². The predicted molar refractivity (Wildman–Crippen MR) is 86.6 cm³/mol. The summed E-state index contributed by atoms with van der Waals surface area (Å²) in [7, 11) is -4.08. The van der Waals surface area contributed by atoms with Crippen LogP contribution in [0.2, 0.25) is 5.15 Å². The molecule has 0 saturated carbocycles. The van der Waals surface area contributed by atoms with Crippen molar-refractivity contribution in [3.8, 4) is 0 Å². The molecule has 1 aliphatic heterocycles. The van der Waals surface area contributed by atoms with E-state index in [0.717, 1.165) is 22.1 Å². The molecule has 0 unspecified atom stereocenters. The quantitative estimate of drug-likeness (QED) is 0.776. The smallest absolute Gasteiger partial charge is 0.246 e. The Hall–Kier alpha value is -1.77. The van der Waals surface area contributed by atoms with Crippen LogP contribution in [0.5, 0.6) is 0 Å². The maximum Gasteiger partial charge on any atom is 0.246 e. The molecule has 0 aliphatic carbocycles. The van der Waals surface area contributed by atoms with E-state index in [4.69, 9.17) is 11.6 Å². The molecule has 9 heteroatoms. The van der Waals surface area contributed by atoms with Gasteiger partial charge in [0.2, 0.25) is 10.0 Å². The van der Waals surface area contributed by atoms with Gasteiger partial charge in [0.05, 0.1) is 0 Å². The van der Waals surface area contributed by atoms with Gasteiger partial charge in [-0.25, -0.2) is 22.2 Å². The second-order valence-electron chi connectivity index (χ2n) is 5.30. The molecule has 0 atom stereocenters. The van der Waals surface area contributed by atoms with Gasteiger partial charge in [0.15, 0.2) is 0 Å². The van der Waals surface area contributed by atoms with Gasteiger partial charge in [-0.3, -0.25) is 0 Å². The molecule has 24 heavy (non-hydrogen) atoms. The number of piperazine rings is 1. The van der Waals surface area contributed by atoms with Crippen LogP contribution in [0.4, 0.5) is 14.5 Å². The number of anilines is 1. The van der Waals surface area contributed by atoms with E-state index >= 15 is 0 Å². The van der Waals surface area contributed by atoms with Crippen molar-refractivity contribution < 1.29 is 17.2 Å². The summed E-state index contributed by atoms with van der Waals surface area (Å²) in [6, 6.07) is 5.89. The summed E-state index contributed by atoms with van der Waals surface area (Å²) < 4.78 is 53.3. The average molecular weight is 374 g/mol. The first kappa shape index (κ1) is 17.1. The van der Waals surface area contributed by atoms with Gasteiger partial charge < -0.3 is 4.90 Å². The number of aromatic nitrogens is 1. The third-order valence-electron chi connectivity index (χ3n) is 3.83. The van der Waals surface area contributed by atoms with E-state index in [1.807, 2.05) is 4.90 Å². The summed E-state index contributed by atoms with van der Waals surface area (Å²) >= 11 is 5.86. The zero-order chi connectivity index (χ0) is 17.3. The molecule has 0 bridgehead atoms. The number of nitrogens with zero attached hydrogens (tertiary/aromatic N) is 3. The molecular formula is C15H14ClF2N3O2S. The molecule has 1 aromatic heterocycles. The summed E-state index contributed by atoms with van der Waals surface area (Å²) in [5.74, 6) is -1.75. The van der Waals surface area contributed by atoms with Gasteiger partial charge in [-0.1, -0.05) is 11.6 Å². The average Bonchev–Trinajstić information content (AvgIpc) is 2.57. The molecule has 1 aromatic carbocycles. The van der Waals surface area contributed by atoms with Crippen LogP contribution in [0.3, 0.4) is 0 Å². The lowest BCUT2D eigenvalue weighted by atomic mass is 10.3. The first-order valence-corrected chi connectivity index (χ1v) is 9.01. The maximum absolute atomic E-state index is 13.8. The molecule has 1 saturated heterocycles. The van der Waals surface area contributed by atoms with Crippen molar-refractivity contribution in [3.05, 3.63) is 53.3 Å². The van der Waals surface area contributed by atoms with Crippen molar-refractivity contribution in [2.75, 3.05) is 31.1 Å². The number of sulfonamides is 1. The van der Waals surface area contributed by atoms with Gasteiger partial charge in [-0.05, 0) is 30.3 Å². The van der Waals surface area contributed by atoms with Gasteiger partial charge in [-0.2, -0.15) is 4.31 Å². The molecule has 0 spiro atoms. The third-order valence-corrected chi connectivity index (χ3v) is 5.95. The number of rotatable bonds is 3. The lowest BCUT2D eigenvalue weighted by Crippen LogP contribution is -2.48. The Balaban J connectivity index is 1.77. The van der Waals surface area contributed by atoms with E-state index in [9.17, 15) is 17.2 Å². The minimum absolute atomic E-state index is 0.165. The molecule has 0 N–H and O–H groups in total. The maximum atomic E-state index is 13.8. The van der Waals surface area contributed by atoms with Gasteiger partial charge in [0.25, 0.3) is 0 Å². The van der Waals surface area contributed by atoms with Crippen molar-refractivity contribution >= 4 is 27.3 Å². The molecule has 1 aliphatic rings. The summed E-state index contributed by atoms with van der Waals surface area (Å²) in [6.45, 7) is 1.16. The Labute approximate surface area is 143 Å². The standard InChI is InChI=1S/C15H14ClF2N3O2S/c16-15-10-12(3-4-19-15)20-5-7-21(8-6-20)24(22,23)14-9-11(17)1-2-13(14)18/h1-4,9-10H,5-8H2. The normalized spacial score (nSPS) is 16.4. The molecule has 5 nitrogen and oxygen atoms in total. The number of benzene rings is 1. The van der Waals surface area contributed by atoms with E-state index < -0.39 is 26.6 Å². The molecule has 2 heterocycles. The zero-order valence-electron chi connectivity index (χ0n) is 12.5. The monoisotopic (exact) mass is 373 g/mol. The van der Waals surface area contributed by atoms with Crippen molar-refractivity contribution in [2.24, 2.45) is 0 Å². The first-order chi connectivity index (χ1) is 11.4. The third kappa shape index (κ3) is 3.35. The van der Waals surface area contributed by atoms with Crippen LogP contribution in [-0.2, 0) is 10.0 Å². The number of hydrogen-bond acceptors (Lipinski definition) is 4. The lowest BCUT2D eigenvalue weighted by molar-refractivity contribution is 0.382. The van der Waals surface area contributed by atoms with Gasteiger partial charge in [-0.15, -0.1) is 0 Å². The fraction of sp³-hybridized carbons (Fsp3) is 0.267. The number of hydrogen-bond donors (Lipinski definition) is 0. The fourth-order valence-electron chi connectivity index (χ4n) is 2.59. The van der Waals surface area contributed by atoms with Crippen LogP contribution in [0.25, 0.3) is 0 Å². The van der Waals surface area contributed by atoms with Gasteiger partial charge in [0, 0.05) is 38.1 Å². The highest BCUT2D eigenvalue weighted by Gasteiger charge is 2.31. The Bertz CT molecular complexity index is 856. The fourth-order valence-corrected chi connectivity index (χ4v) is 4.26. The highest BCUT2D eigenvalue weighted by molar-refractivity contribution is 7.89. The minimum atomic E-state index is -4.08. The summed E-state index contributed by atoms with van der Waals surface area (Å²) in [5, 5.41) is 0.351. The Morgan fingerprint density at radius 3 is 2.42 bits per heavy atom. The van der Waals surface area contributed by atoms with E-state index in [1.165, 1.54) is 0 Å². The van der Waals surface area contributed by atoms with Crippen molar-refractivity contribution in [2.45, 2.75) is 4.90 Å². The molecule has 3 rings (SSSR count). The molecular weight excluding hydrogens is 360 g/mol. The minimum Gasteiger partial charge on any atom is -0.369 e.